The monoisotopic (exact) mass is 256 g/mol. The van der Waals surface area contributed by atoms with E-state index >= 15 is 0 Å². The fraction of sp³-hybridized carbons (Fsp3) is 0.250. The van der Waals surface area contributed by atoms with E-state index in [9.17, 15) is 0 Å². The van der Waals surface area contributed by atoms with Crippen LogP contribution >= 0.6 is 0 Å². The number of nitrogens with zero attached hydrogens (tertiary/aromatic N) is 1. The number of anilines is 2. The molecule has 0 saturated carbocycles. The van der Waals surface area contributed by atoms with Crippen LogP contribution in [0.25, 0.3) is 0 Å². The molecule has 0 fully saturated rings. The van der Waals surface area contributed by atoms with Crippen LogP contribution in [0.5, 0.6) is 5.75 Å². The minimum atomic E-state index is 0.793. The van der Waals surface area contributed by atoms with Gasteiger partial charge in [-0.2, -0.15) is 0 Å². The molecule has 0 bridgehead atoms. The minimum Gasteiger partial charge on any atom is -0.497 e. The zero-order valence-electron chi connectivity index (χ0n) is 11.5. The van der Waals surface area contributed by atoms with E-state index in [1.54, 1.807) is 7.11 Å². The van der Waals surface area contributed by atoms with Gasteiger partial charge < -0.3 is 15.4 Å². The Morgan fingerprint density at radius 1 is 1.11 bits per heavy atom. The van der Waals surface area contributed by atoms with Crippen molar-refractivity contribution in [3.05, 3.63) is 54.1 Å². The molecule has 0 aliphatic carbocycles. The largest absolute Gasteiger partial charge is 0.497 e. The third-order valence-corrected chi connectivity index (χ3v) is 3.12. The van der Waals surface area contributed by atoms with Gasteiger partial charge in [-0.1, -0.05) is 18.2 Å². The first kappa shape index (κ1) is 13.3. The molecule has 0 aromatic heterocycles. The summed E-state index contributed by atoms with van der Waals surface area (Å²) >= 11 is 0. The van der Waals surface area contributed by atoms with Gasteiger partial charge in [-0.05, 0) is 42.8 Å². The highest BCUT2D eigenvalue weighted by Crippen LogP contribution is 2.21. The van der Waals surface area contributed by atoms with Crippen LogP contribution in [0.1, 0.15) is 12.5 Å². The highest BCUT2D eigenvalue weighted by molar-refractivity contribution is 5.56. The SMILES string of the molecule is CCN(Cc1cccc(OC)c1)c1cccc(N)c1. The standard InChI is InChI=1S/C16H20N2O/c1-3-18(15-8-5-7-14(17)11-15)12-13-6-4-9-16(10-13)19-2/h4-11H,3,12,17H2,1-2H3. The Balaban J connectivity index is 2.18. The second-order valence-corrected chi connectivity index (χ2v) is 4.46. The smallest absolute Gasteiger partial charge is 0.119 e. The Bertz CT molecular complexity index is 540. The van der Waals surface area contributed by atoms with E-state index in [4.69, 9.17) is 10.5 Å². The Hall–Kier alpha value is -2.16. The molecule has 0 saturated heterocycles. The maximum Gasteiger partial charge on any atom is 0.119 e. The first-order valence-electron chi connectivity index (χ1n) is 6.46. The van der Waals surface area contributed by atoms with Crippen molar-refractivity contribution in [1.29, 1.82) is 0 Å². The first-order valence-corrected chi connectivity index (χ1v) is 6.46. The molecular formula is C16H20N2O. The van der Waals surface area contributed by atoms with Gasteiger partial charge in [-0.25, -0.2) is 0 Å². The van der Waals surface area contributed by atoms with E-state index in [1.807, 2.05) is 30.3 Å². The van der Waals surface area contributed by atoms with Crippen LogP contribution in [0.2, 0.25) is 0 Å². The van der Waals surface area contributed by atoms with E-state index < -0.39 is 0 Å². The first-order chi connectivity index (χ1) is 9.22. The summed E-state index contributed by atoms with van der Waals surface area (Å²) in [7, 11) is 1.69. The van der Waals surface area contributed by atoms with E-state index in [1.165, 1.54) is 5.56 Å². The number of ether oxygens (including phenoxy) is 1. The van der Waals surface area contributed by atoms with E-state index in [0.29, 0.717) is 0 Å². The van der Waals surface area contributed by atoms with Crippen LogP contribution in [-0.4, -0.2) is 13.7 Å². The normalized spacial score (nSPS) is 10.2. The molecule has 2 N–H and O–H groups in total. The Morgan fingerprint density at radius 2 is 1.89 bits per heavy atom. The van der Waals surface area contributed by atoms with Crippen LogP contribution in [0.15, 0.2) is 48.5 Å². The van der Waals surface area contributed by atoms with Gasteiger partial charge in [-0.15, -0.1) is 0 Å². The van der Waals surface area contributed by atoms with Crippen molar-refractivity contribution >= 4 is 11.4 Å². The van der Waals surface area contributed by atoms with Gasteiger partial charge in [0, 0.05) is 24.5 Å². The highest BCUT2D eigenvalue weighted by atomic mass is 16.5. The van der Waals surface area contributed by atoms with Gasteiger partial charge >= 0.3 is 0 Å². The van der Waals surface area contributed by atoms with Gasteiger partial charge in [0.05, 0.1) is 7.11 Å². The fourth-order valence-electron chi connectivity index (χ4n) is 2.10. The van der Waals surface area contributed by atoms with Gasteiger partial charge in [0.25, 0.3) is 0 Å². The molecule has 0 radical (unpaired) electrons. The zero-order chi connectivity index (χ0) is 13.7. The summed E-state index contributed by atoms with van der Waals surface area (Å²) in [6, 6.07) is 16.1. The third-order valence-electron chi connectivity index (χ3n) is 3.12. The molecule has 0 aliphatic heterocycles. The van der Waals surface area contributed by atoms with Crippen molar-refractivity contribution in [3.63, 3.8) is 0 Å². The number of methoxy groups -OCH3 is 1. The molecule has 0 spiro atoms. The number of hydrogen-bond acceptors (Lipinski definition) is 3. The average molecular weight is 256 g/mol. The van der Waals surface area contributed by atoms with E-state index in [2.05, 4.69) is 30.0 Å². The molecule has 19 heavy (non-hydrogen) atoms. The van der Waals surface area contributed by atoms with Crippen molar-refractivity contribution in [1.82, 2.24) is 0 Å². The number of nitrogen functional groups attached to an aromatic ring is 1. The summed E-state index contributed by atoms with van der Waals surface area (Å²) in [5, 5.41) is 0. The summed E-state index contributed by atoms with van der Waals surface area (Å²) in [5.74, 6) is 0.890. The minimum absolute atomic E-state index is 0.793. The van der Waals surface area contributed by atoms with E-state index in [0.717, 1.165) is 30.2 Å². The molecule has 2 rings (SSSR count). The molecule has 2 aromatic rings. The molecule has 3 heteroatoms. The predicted octanol–water partition coefficient (Wildman–Crippen LogP) is 3.30. The molecule has 3 nitrogen and oxygen atoms in total. The second-order valence-electron chi connectivity index (χ2n) is 4.46. The molecule has 0 heterocycles. The van der Waals surface area contributed by atoms with Crippen molar-refractivity contribution in [2.45, 2.75) is 13.5 Å². The van der Waals surface area contributed by atoms with Crippen molar-refractivity contribution < 1.29 is 4.74 Å². The molecule has 0 aliphatic rings. The summed E-state index contributed by atoms with van der Waals surface area (Å²) in [6.45, 7) is 3.92. The number of hydrogen-bond donors (Lipinski definition) is 1. The Morgan fingerprint density at radius 3 is 2.58 bits per heavy atom. The maximum absolute atomic E-state index is 5.84. The Kier molecular flexibility index (Phi) is 4.29. The summed E-state index contributed by atoms with van der Waals surface area (Å²) in [4.78, 5) is 2.28. The third kappa shape index (κ3) is 3.41. The van der Waals surface area contributed by atoms with Crippen LogP contribution in [-0.2, 0) is 6.54 Å². The number of benzene rings is 2. The second kappa shape index (κ2) is 6.14. The van der Waals surface area contributed by atoms with Crippen molar-refractivity contribution in [3.8, 4) is 5.75 Å². The number of nitrogens with two attached hydrogens (primary N) is 1. The number of rotatable bonds is 5. The maximum atomic E-state index is 5.84. The van der Waals surface area contributed by atoms with Gasteiger partial charge in [0.2, 0.25) is 0 Å². The fourth-order valence-corrected chi connectivity index (χ4v) is 2.10. The highest BCUT2D eigenvalue weighted by Gasteiger charge is 2.06. The van der Waals surface area contributed by atoms with Gasteiger partial charge in [0.1, 0.15) is 5.75 Å². The van der Waals surface area contributed by atoms with Crippen LogP contribution in [0, 0.1) is 0 Å². The van der Waals surface area contributed by atoms with Crippen molar-refractivity contribution in [2.75, 3.05) is 24.3 Å². The molecular weight excluding hydrogens is 236 g/mol. The van der Waals surface area contributed by atoms with Crippen LogP contribution in [0.4, 0.5) is 11.4 Å². The molecule has 0 atom stereocenters. The zero-order valence-corrected chi connectivity index (χ0v) is 11.5. The summed E-state index contributed by atoms with van der Waals surface area (Å²) < 4.78 is 5.26. The van der Waals surface area contributed by atoms with Gasteiger partial charge in [0.15, 0.2) is 0 Å². The lowest BCUT2D eigenvalue weighted by Crippen LogP contribution is -2.22. The topological polar surface area (TPSA) is 38.5 Å². The molecule has 0 amide bonds. The Labute approximate surface area is 114 Å². The molecule has 0 unspecified atom stereocenters. The summed E-state index contributed by atoms with van der Waals surface area (Å²) in [6.07, 6.45) is 0. The molecule has 100 valence electrons. The van der Waals surface area contributed by atoms with Crippen LogP contribution in [0.3, 0.4) is 0 Å². The van der Waals surface area contributed by atoms with E-state index in [-0.39, 0.29) is 0 Å². The predicted molar refractivity (Wildman–Crippen MR) is 80.6 cm³/mol. The lowest BCUT2D eigenvalue weighted by molar-refractivity contribution is 0.414. The molecule has 2 aromatic carbocycles. The van der Waals surface area contributed by atoms with Gasteiger partial charge in [-0.3, -0.25) is 0 Å². The lowest BCUT2D eigenvalue weighted by atomic mass is 10.2. The van der Waals surface area contributed by atoms with Crippen LogP contribution < -0.4 is 15.4 Å². The summed E-state index contributed by atoms with van der Waals surface area (Å²) in [5.41, 5.74) is 9.01. The average Bonchev–Trinajstić information content (AvgIpc) is 2.45. The van der Waals surface area contributed by atoms with Crippen molar-refractivity contribution in [2.24, 2.45) is 0 Å². The quantitative estimate of drug-likeness (QED) is 0.834. The lowest BCUT2D eigenvalue weighted by Gasteiger charge is -2.23.